The summed E-state index contributed by atoms with van der Waals surface area (Å²) in [4.78, 5) is 11.6. The first-order chi connectivity index (χ1) is 8.99. The minimum Gasteiger partial charge on any atom is -0.494 e. The molecule has 0 saturated heterocycles. The number of hydrazine groups is 1. The molecule has 0 heterocycles. The number of nitrogens with one attached hydrogen (secondary N) is 1. The fourth-order valence-electron chi connectivity index (χ4n) is 1.31. The summed E-state index contributed by atoms with van der Waals surface area (Å²) in [7, 11) is 1.39. The van der Waals surface area contributed by atoms with E-state index in [9.17, 15) is 4.79 Å². The third kappa shape index (κ3) is 4.47. The summed E-state index contributed by atoms with van der Waals surface area (Å²) in [6.45, 7) is 0.134. The van der Waals surface area contributed by atoms with Crippen LogP contribution < -0.4 is 20.7 Å². The van der Waals surface area contributed by atoms with Gasteiger partial charge in [-0.2, -0.15) is 0 Å². The highest BCUT2D eigenvalue weighted by atomic mass is 35.5. The minimum atomic E-state index is -0.546. The molecule has 8 heteroatoms. The predicted molar refractivity (Wildman–Crippen MR) is 74.9 cm³/mol. The van der Waals surface area contributed by atoms with Crippen molar-refractivity contribution in [1.29, 1.82) is 0 Å². The quantitative estimate of drug-likeness (QED) is 0.496. The molecule has 0 aliphatic rings. The number of hydrogen-bond donors (Lipinski definition) is 2. The maximum Gasteiger partial charge on any atom is 0.269 e. The Morgan fingerprint density at radius 3 is 2.68 bits per heavy atom. The molecular weight excluding hydrogens is 314 g/mol. The molecule has 1 amide bonds. The van der Waals surface area contributed by atoms with Crippen LogP contribution >= 0.6 is 34.8 Å². The van der Waals surface area contributed by atoms with Crippen molar-refractivity contribution in [3.05, 3.63) is 33.3 Å². The average molecular weight is 326 g/mol. The number of halogens is 3. The Morgan fingerprint density at radius 2 is 2.16 bits per heavy atom. The van der Waals surface area contributed by atoms with E-state index in [-0.39, 0.29) is 27.4 Å². The van der Waals surface area contributed by atoms with Gasteiger partial charge in [-0.15, -0.1) is 0 Å². The summed E-state index contributed by atoms with van der Waals surface area (Å²) in [6.07, 6.45) is 1.45. The maximum absolute atomic E-state index is 11.6. The van der Waals surface area contributed by atoms with Crippen LogP contribution in [-0.2, 0) is 0 Å². The van der Waals surface area contributed by atoms with Crippen molar-refractivity contribution < 1.29 is 14.3 Å². The van der Waals surface area contributed by atoms with Gasteiger partial charge in [-0.1, -0.05) is 34.8 Å². The summed E-state index contributed by atoms with van der Waals surface area (Å²) >= 11 is 16.9. The van der Waals surface area contributed by atoms with Crippen LogP contribution in [0, 0.1) is 0 Å². The van der Waals surface area contributed by atoms with Crippen LogP contribution in [-0.4, -0.2) is 19.6 Å². The molecule has 5 nitrogen and oxygen atoms in total. The van der Waals surface area contributed by atoms with Gasteiger partial charge in [0.1, 0.15) is 16.8 Å². The summed E-state index contributed by atoms with van der Waals surface area (Å²) in [5, 5.41) is 0.222. The van der Waals surface area contributed by atoms with E-state index < -0.39 is 5.91 Å². The van der Waals surface area contributed by atoms with Crippen molar-refractivity contribution in [2.24, 2.45) is 5.84 Å². The number of nitrogens with two attached hydrogens (primary N) is 1. The molecule has 0 aromatic heterocycles. The molecule has 0 bridgehead atoms. The average Bonchev–Trinajstić information content (AvgIpc) is 2.36. The molecule has 0 fully saturated rings. The Bertz CT molecular complexity index is 502. The van der Waals surface area contributed by atoms with Crippen molar-refractivity contribution >= 4 is 40.7 Å². The molecule has 0 radical (unpaired) electrons. The molecule has 0 aliphatic carbocycles. The van der Waals surface area contributed by atoms with E-state index >= 15 is 0 Å². The third-order valence-corrected chi connectivity index (χ3v) is 2.67. The Labute approximate surface area is 125 Å². The highest BCUT2D eigenvalue weighted by Gasteiger charge is 2.16. The Kier molecular flexibility index (Phi) is 6.24. The Morgan fingerprint density at radius 1 is 1.47 bits per heavy atom. The molecular formula is C11H11Cl3N2O3. The molecule has 0 atom stereocenters. The number of carbonyl (C=O) groups is 1. The van der Waals surface area contributed by atoms with Crippen LogP contribution in [0.15, 0.2) is 22.7 Å². The summed E-state index contributed by atoms with van der Waals surface area (Å²) in [6, 6.07) is 2.95. The zero-order chi connectivity index (χ0) is 14.4. The van der Waals surface area contributed by atoms with Crippen LogP contribution in [0.25, 0.3) is 0 Å². The standard InChI is InChI=1S/C11H11Cl3N2O3/c1-18-10-7(11(17)16-15)4-6(5-8(10)12)19-3-2-9(13)14/h2,4-5H,3,15H2,1H3,(H,16,17). The molecule has 1 rings (SSSR count). The topological polar surface area (TPSA) is 73.6 Å². The van der Waals surface area contributed by atoms with Crippen molar-refractivity contribution in [3.63, 3.8) is 0 Å². The number of hydrogen-bond acceptors (Lipinski definition) is 4. The molecule has 0 spiro atoms. The maximum atomic E-state index is 11.6. The van der Waals surface area contributed by atoms with Gasteiger partial charge < -0.3 is 9.47 Å². The van der Waals surface area contributed by atoms with Crippen molar-refractivity contribution in [1.82, 2.24) is 5.43 Å². The zero-order valence-corrected chi connectivity index (χ0v) is 12.1. The Balaban J connectivity index is 3.05. The Hall–Kier alpha value is -1.14. The molecule has 0 aliphatic heterocycles. The first-order valence-electron chi connectivity index (χ1n) is 5.02. The van der Waals surface area contributed by atoms with Gasteiger partial charge >= 0.3 is 0 Å². The lowest BCUT2D eigenvalue weighted by Gasteiger charge is -2.12. The van der Waals surface area contributed by atoms with Crippen LogP contribution in [0.5, 0.6) is 11.5 Å². The lowest BCUT2D eigenvalue weighted by atomic mass is 10.1. The molecule has 3 N–H and O–H groups in total. The van der Waals surface area contributed by atoms with Crippen LogP contribution in [0.1, 0.15) is 10.4 Å². The first kappa shape index (κ1) is 15.9. The molecule has 1 aromatic carbocycles. The second-order valence-electron chi connectivity index (χ2n) is 3.26. The lowest BCUT2D eigenvalue weighted by Crippen LogP contribution is -2.30. The van der Waals surface area contributed by atoms with Gasteiger partial charge in [-0.25, -0.2) is 5.84 Å². The van der Waals surface area contributed by atoms with Crippen LogP contribution in [0.4, 0.5) is 0 Å². The van der Waals surface area contributed by atoms with E-state index in [2.05, 4.69) is 0 Å². The number of rotatable bonds is 5. The second-order valence-corrected chi connectivity index (χ2v) is 4.68. The summed E-state index contributed by atoms with van der Waals surface area (Å²) in [5.41, 5.74) is 2.16. The number of benzene rings is 1. The van der Waals surface area contributed by atoms with Gasteiger partial charge in [0.15, 0.2) is 5.75 Å². The van der Waals surface area contributed by atoms with Gasteiger partial charge in [0.2, 0.25) is 0 Å². The number of amides is 1. The molecule has 104 valence electrons. The smallest absolute Gasteiger partial charge is 0.269 e. The largest absolute Gasteiger partial charge is 0.494 e. The van der Waals surface area contributed by atoms with Gasteiger partial charge in [-0.3, -0.25) is 10.2 Å². The zero-order valence-electron chi connectivity index (χ0n) is 9.88. The summed E-state index contributed by atoms with van der Waals surface area (Å²) < 4.78 is 10.4. The van der Waals surface area contributed by atoms with E-state index in [0.717, 1.165) is 0 Å². The minimum absolute atomic E-state index is 0.0829. The van der Waals surface area contributed by atoms with Gasteiger partial charge in [-0.05, 0) is 12.1 Å². The van der Waals surface area contributed by atoms with Crippen molar-refractivity contribution in [2.45, 2.75) is 0 Å². The molecule has 0 unspecified atom stereocenters. The first-order valence-corrected chi connectivity index (χ1v) is 6.15. The van der Waals surface area contributed by atoms with E-state index in [1.54, 1.807) is 0 Å². The molecule has 1 aromatic rings. The number of methoxy groups -OCH3 is 1. The van der Waals surface area contributed by atoms with E-state index in [1.165, 1.54) is 25.3 Å². The molecule has 0 saturated carbocycles. The van der Waals surface area contributed by atoms with Crippen molar-refractivity contribution in [3.8, 4) is 11.5 Å². The fourth-order valence-corrected chi connectivity index (χ4v) is 1.72. The van der Waals surface area contributed by atoms with E-state index in [4.69, 9.17) is 50.1 Å². The monoisotopic (exact) mass is 324 g/mol. The third-order valence-electron chi connectivity index (χ3n) is 2.08. The highest BCUT2D eigenvalue weighted by Crippen LogP contribution is 2.33. The predicted octanol–water partition coefficient (Wildman–Crippen LogP) is 2.65. The lowest BCUT2D eigenvalue weighted by molar-refractivity contribution is 0.0950. The number of carbonyl (C=O) groups excluding carboxylic acids is 1. The highest BCUT2D eigenvalue weighted by molar-refractivity contribution is 6.55. The number of nitrogen functional groups attached to an aromatic ring is 1. The van der Waals surface area contributed by atoms with Gasteiger partial charge in [0.25, 0.3) is 5.91 Å². The van der Waals surface area contributed by atoms with E-state index in [0.29, 0.717) is 5.75 Å². The van der Waals surface area contributed by atoms with Crippen LogP contribution in [0.2, 0.25) is 5.02 Å². The fraction of sp³-hybridized carbons (Fsp3) is 0.182. The number of ether oxygens (including phenoxy) is 2. The summed E-state index contributed by atoms with van der Waals surface area (Å²) in [5.74, 6) is 5.11. The second kappa shape index (κ2) is 7.45. The SMILES string of the molecule is COc1c(Cl)cc(OCC=C(Cl)Cl)cc1C(=O)NN. The normalized spacial score (nSPS) is 9.74. The van der Waals surface area contributed by atoms with E-state index in [1.807, 2.05) is 5.43 Å². The van der Waals surface area contributed by atoms with Crippen molar-refractivity contribution in [2.75, 3.05) is 13.7 Å². The van der Waals surface area contributed by atoms with Crippen LogP contribution in [0.3, 0.4) is 0 Å². The molecule has 19 heavy (non-hydrogen) atoms. The van der Waals surface area contributed by atoms with Gasteiger partial charge in [0.05, 0.1) is 17.7 Å². The van der Waals surface area contributed by atoms with Gasteiger partial charge in [0, 0.05) is 6.07 Å².